The first-order valence-corrected chi connectivity index (χ1v) is 5.36. The lowest BCUT2D eigenvalue weighted by Crippen LogP contribution is -2.64. The Labute approximate surface area is 96.5 Å². The second kappa shape index (κ2) is 4.37. The summed E-state index contributed by atoms with van der Waals surface area (Å²) in [6.07, 6.45) is 0. The fourth-order valence-electron chi connectivity index (χ4n) is 1.72. The number of aliphatic hydroxyl groups is 1. The second-order valence-corrected chi connectivity index (χ2v) is 4.62. The van der Waals surface area contributed by atoms with Gasteiger partial charge in [-0.2, -0.15) is 0 Å². The average molecular weight is 224 g/mol. The number of hydrogen-bond donors (Lipinski definition) is 3. The van der Waals surface area contributed by atoms with Crippen LogP contribution in [0.15, 0.2) is 23.1 Å². The standard InChI is InChI=1S/C11H13NS.CH4O/c1-7-11(2,3)9-6-8(13)4-5-10(9)12-7;1-2/h4-6,13H,1-3H3;2H,1H3/p+1. The van der Waals surface area contributed by atoms with Crippen LogP contribution in [0.1, 0.15) is 26.3 Å². The summed E-state index contributed by atoms with van der Waals surface area (Å²) in [5.41, 5.74) is 4.01. The Balaban J connectivity index is 0.000000531. The molecule has 0 fully saturated rings. The van der Waals surface area contributed by atoms with Crippen LogP contribution in [0.4, 0.5) is 5.69 Å². The molecule has 1 aromatic rings. The predicted octanol–water partition coefficient (Wildman–Crippen LogP) is 1.05. The summed E-state index contributed by atoms with van der Waals surface area (Å²) in [6, 6.07) is 6.25. The highest BCUT2D eigenvalue weighted by molar-refractivity contribution is 7.80. The third-order valence-corrected chi connectivity index (χ3v) is 3.21. The molecule has 1 heterocycles. The fourth-order valence-corrected chi connectivity index (χ4v) is 1.92. The van der Waals surface area contributed by atoms with Crippen molar-refractivity contribution in [1.82, 2.24) is 0 Å². The van der Waals surface area contributed by atoms with Crippen LogP contribution in [0.3, 0.4) is 0 Å². The summed E-state index contributed by atoms with van der Waals surface area (Å²) < 4.78 is 0. The zero-order valence-electron chi connectivity index (χ0n) is 9.63. The van der Waals surface area contributed by atoms with Crippen molar-refractivity contribution >= 4 is 24.0 Å². The third-order valence-electron chi connectivity index (χ3n) is 2.94. The van der Waals surface area contributed by atoms with E-state index in [0.717, 1.165) is 12.0 Å². The molecule has 1 aromatic carbocycles. The molecule has 2 rings (SSSR count). The van der Waals surface area contributed by atoms with Gasteiger partial charge in [-0.1, -0.05) is 0 Å². The van der Waals surface area contributed by atoms with Crippen molar-refractivity contribution in [3.63, 3.8) is 0 Å². The number of benzene rings is 1. The molecule has 2 nitrogen and oxygen atoms in total. The van der Waals surface area contributed by atoms with Crippen LogP contribution >= 0.6 is 12.6 Å². The van der Waals surface area contributed by atoms with Gasteiger partial charge < -0.3 is 5.11 Å². The maximum absolute atomic E-state index is 7.00. The van der Waals surface area contributed by atoms with Gasteiger partial charge in [-0.25, -0.2) is 4.99 Å². The highest BCUT2D eigenvalue weighted by Gasteiger charge is 2.38. The van der Waals surface area contributed by atoms with Crippen molar-refractivity contribution in [2.75, 3.05) is 7.11 Å². The minimum Gasteiger partial charge on any atom is -0.400 e. The monoisotopic (exact) mass is 224 g/mol. The molecule has 2 N–H and O–H groups in total. The van der Waals surface area contributed by atoms with Crippen LogP contribution in [0.25, 0.3) is 0 Å². The first-order chi connectivity index (χ1) is 7.01. The molecule has 0 aromatic heterocycles. The van der Waals surface area contributed by atoms with Crippen LogP contribution in [0.2, 0.25) is 0 Å². The zero-order valence-corrected chi connectivity index (χ0v) is 10.5. The number of rotatable bonds is 0. The Bertz CT molecular complexity index is 397. The van der Waals surface area contributed by atoms with E-state index in [2.05, 4.69) is 50.5 Å². The van der Waals surface area contributed by atoms with E-state index in [1.165, 1.54) is 17.0 Å². The molecule has 0 aliphatic carbocycles. The van der Waals surface area contributed by atoms with Gasteiger partial charge in [-0.15, -0.1) is 12.6 Å². The van der Waals surface area contributed by atoms with Crippen molar-refractivity contribution < 1.29 is 10.1 Å². The van der Waals surface area contributed by atoms with Crippen LogP contribution in [-0.4, -0.2) is 17.9 Å². The first-order valence-electron chi connectivity index (χ1n) is 4.91. The van der Waals surface area contributed by atoms with Gasteiger partial charge in [0.25, 0.3) is 0 Å². The molecule has 0 spiro atoms. The quantitative estimate of drug-likeness (QED) is 0.566. The Morgan fingerprint density at radius 2 is 1.87 bits per heavy atom. The molecule has 82 valence electrons. The van der Waals surface area contributed by atoms with Gasteiger partial charge in [0, 0.05) is 30.6 Å². The smallest absolute Gasteiger partial charge is 0.207 e. The minimum absolute atomic E-state index is 0.133. The van der Waals surface area contributed by atoms with Crippen LogP contribution < -0.4 is 4.99 Å². The number of hydrogen-bond acceptors (Lipinski definition) is 2. The first kappa shape index (κ1) is 12.3. The number of fused-ring (bicyclic) bond motifs is 1. The third kappa shape index (κ3) is 2.08. The minimum atomic E-state index is 0.133. The second-order valence-electron chi connectivity index (χ2n) is 4.10. The van der Waals surface area contributed by atoms with Crippen molar-refractivity contribution in [3.8, 4) is 0 Å². The van der Waals surface area contributed by atoms with Gasteiger partial charge in [-0.05, 0) is 26.0 Å². The molecule has 0 radical (unpaired) electrons. The van der Waals surface area contributed by atoms with Gasteiger partial charge in [0.1, 0.15) is 0 Å². The summed E-state index contributed by atoms with van der Waals surface area (Å²) in [4.78, 5) is 4.43. The van der Waals surface area contributed by atoms with E-state index in [-0.39, 0.29) is 5.41 Å². The van der Waals surface area contributed by atoms with Crippen molar-refractivity contribution in [1.29, 1.82) is 0 Å². The zero-order chi connectivity index (χ0) is 11.6. The summed E-state index contributed by atoms with van der Waals surface area (Å²) in [6.45, 7) is 6.60. The van der Waals surface area contributed by atoms with Crippen LogP contribution in [-0.2, 0) is 5.41 Å². The average Bonchev–Trinajstić information content (AvgIpc) is 2.43. The van der Waals surface area contributed by atoms with Crippen molar-refractivity contribution in [2.24, 2.45) is 0 Å². The molecule has 0 bridgehead atoms. The van der Waals surface area contributed by atoms with E-state index in [1.54, 1.807) is 0 Å². The molecule has 0 saturated carbocycles. The van der Waals surface area contributed by atoms with Crippen molar-refractivity contribution in [3.05, 3.63) is 23.8 Å². The van der Waals surface area contributed by atoms with E-state index < -0.39 is 0 Å². The Hall–Kier alpha value is -0.800. The normalized spacial score (nSPS) is 16.3. The Kier molecular flexibility index (Phi) is 3.58. The number of nitrogens with one attached hydrogen (secondary N) is 1. The molecule has 0 saturated heterocycles. The molecule has 1 aliphatic heterocycles. The molecule has 0 atom stereocenters. The molecule has 3 heteroatoms. The van der Waals surface area contributed by atoms with Gasteiger partial charge in [-0.3, -0.25) is 0 Å². The Morgan fingerprint density at radius 1 is 1.27 bits per heavy atom. The molecule has 0 unspecified atom stereocenters. The van der Waals surface area contributed by atoms with E-state index in [4.69, 9.17) is 5.11 Å². The summed E-state index contributed by atoms with van der Waals surface area (Å²) >= 11 is 4.35. The van der Waals surface area contributed by atoms with Crippen LogP contribution in [0, 0.1) is 0 Å². The summed E-state index contributed by atoms with van der Waals surface area (Å²) in [5, 5.41) is 7.00. The highest BCUT2D eigenvalue weighted by Crippen LogP contribution is 2.32. The lowest BCUT2D eigenvalue weighted by atomic mass is 9.82. The molecule has 1 aliphatic rings. The maximum Gasteiger partial charge on any atom is 0.207 e. The molecule has 0 amide bonds. The Morgan fingerprint density at radius 3 is 2.47 bits per heavy atom. The van der Waals surface area contributed by atoms with E-state index >= 15 is 0 Å². The number of thiol groups is 1. The molecule has 15 heavy (non-hydrogen) atoms. The van der Waals surface area contributed by atoms with Gasteiger partial charge in [0.05, 0.1) is 5.41 Å². The van der Waals surface area contributed by atoms with E-state index in [9.17, 15) is 0 Å². The SMILES string of the molecule is CC1=[NH+]c2ccc(S)cc2C1(C)C.CO. The molecular weight excluding hydrogens is 206 g/mol. The largest absolute Gasteiger partial charge is 0.400 e. The van der Waals surface area contributed by atoms with Gasteiger partial charge >= 0.3 is 0 Å². The summed E-state index contributed by atoms with van der Waals surface area (Å²) in [5.74, 6) is 0. The van der Waals surface area contributed by atoms with Crippen LogP contribution in [0.5, 0.6) is 0 Å². The maximum atomic E-state index is 7.00. The number of aliphatic hydroxyl groups excluding tert-OH is 1. The fraction of sp³-hybridized carbons (Fsp3) is 0.417. The highest BCUT2D eigenvalue weighted by atomic mass is 32.1. The van der Waals surface area contributed by atoms with E-state index in [0.29, 0.717) is 0 Å². The lowest BCUT2D eigenvalue weighted by Gasteiger charge is -2.14. The predicted molar refractivity (Wildman–Crippen MR) is 66.2 cm³/mol. The lowest BCUT2D eigenvalue weighted by molar-refractivity contribution is -0.351. The topological polar surface area (TPSA) is 34.2 Å². The van der Waals surface area contributed by atoms with Crippen molar-refractivity contribution in [2.45, 2.75) is 31.1 Å². The van der Waals surface area contributed by atoms with Gasteiger partial charge in [0.15, 0.2) is 5.71 Å². The summed E-state index contributed by atoms with van der Waals surface area (Å²) in [7, 11) is 1.00. The molecular formula is C12H18NOS+. The van der Waals surface area contributed by atoms with Gasteiger partial charge in [0.2, 0.25) is 5.69 Å². The van der Waals surface area contributed by atoms with E-state index in [1.807, 2.05) is 6.07 Å².